The van der Waals surface area contributed by atoms with Gasteiger partial charge in [-0.25, -0.2) is 4.79 Å². The highest BCUT2D eigenvalue weighted by Crippen LogP contribution is 2.22. The van der Waals surface area contributed by atoms with Crippen LogP contribution < -0.4 is 5.32 Å². The lowest BCUT2D eigenvalue weighted by atomic mass is 9.97. The Morgan fingerprint density at radius 2 is 2.04 bits per heavy atom. The first kappa shape index (κ1) is 15.1. The van der Waals surface area contributed by atoms with Crippen molar-refractivity contribution in [2.75, 3.05) is 18.4 Å². The highest BCUT2D eigenvalue weighted by Gasteiger charge is 2.26. The van der Waals surface area contributed by atoms with Crippen molar-refractivity contribution < 1.29 is 14.7 Å². The molecule has 7 nitrogen and oxygen atoms in total. The van der Waals surface area contributed by atoms with Gasteiger partial charge in [-0.1, -0.05) is 12.1 Å². The fraction of sp³-hybridized carbons (Fsp3) is 0.312. The van der Waals surface area contributed by atoms with Crippen LogP contribution >= 0.6 is 0 Å². The molecule has 120 valence electrons. The number of H-pyrrole nitrogens is 1. The second kappa shape index (κ2) is 6.51. The molecule has 1 saturated heterocycles. The molecule has 0 spiro atoms. The first-order valence-electron chi connectivity index (χ1n) is 7.52. The third-order valence-electron chi connectivity index (χ3n) is 4.06. The lowest BCUT2D eigenvalue weighted by Gasteiger charge is -2.30. The van der Waals surface area contributed by atoms with Gasteiger partial charge in [0, 0.05) is 30.5 Å². The Hall–Kier alpha value is -2.83. The number of likely N-dealkylation sites (tertiary alicyclic amines) is 1. The summed E-state index contributed by atoms with van der Waals surface area (Å²) >= 11 is 0. The Morgan fingerprint density at radius 1 is 1.26 bits per heavy atom. The van der Waals surface area contributed by atoms with Gasteiger partial charge in [0.05, 0.1) is 11.6 Å². The number of carbonyl (C=O) groups excluding carboxylic acids is 1. The predicted octanol–water partition coefficient (Wildman–Crippen LogP) is 2.41. The number of aromatic nitrogens is 2. The zero-order chi connectivity index (χ0) is 16.2. The molecule has 1 aliphatic rings. The number of nitrogens with one attached hydrogen (secondary N) is 2. The maximum absolute atomic E-state index is 12.3. The molecule has 0 saturated carbocycles. The number of amides is 2. The highest BCUT2D eigenvalue weighted by atomic mass is 16.4. The van der Waals surface area contributed by atoms with Crippen LogP contribution in [0.4, 0.5) is 10.5 Å². The normalized spacial score (nSPS) is 15.4. The van der Waals surface area contributed by atoms with Crippen molar-refractivity contribution in [1.82, 2.24) is 15.1 Å². The third-order valence-corrected chi connectivity index (χ3v) is 4.06. The van der Waals surface area contributed by atoms with Gasteiger partial charge < -0.3 is 15.3 Å². The second-order valence-corrected chi connectivity index (χ2v) is 5.58. The summed E-state index contributed by atoms with van der Waals surface area (Å²) in [6, 6.07) is 9.15. The van der Waals surface area contributed by atoms with Crippen LogP contribution in [0.3, 0.4) is 0 Å². The van der Waals surface area contributed by atoms with E-state index in [0.717, 1.165) is 11.3 Å². The molecule has 7 heteroatoms. The molecule has 0 aliphatic carbocycles. The number of carboxylic acids is 1. The molecule has 23 heavy (non-hydrogen) atoms. The lowest BCUT2D eigenvalue weighted by molar-refractivity contribution is -0.143. The van der Waals surface area contributed by atoms with E-state index in [2.05, 4.69) is 15.5 Å². The minimum atomic E-state index is -0.780. The number of hydrogen-bond donors (Lipinski definition) is 3. The topological polar surface area (TPSA) is 98.3 Å². The largest absolute Gasteiger partial charge is 0.481 e. The van der Waals surface area contributed by atoms with E-state index in [4.69, 9.17) is 5.11 Å². The van der Waals surface area contributed by atoms with E-state index >= 15 is 0 Å². The van der Waals surface area contributed by atoms with Crippen LogP contribution in [-0.2, 0) is 4.79 Å². The van der Waals surface area contributed by atoms with Gasteiger partial charge >= 0.3 is 12.0 Å². The van der Waals surface area contributed by atoms with E-state index in [1.54, 1.807) is 11.1 Å². The third kappa shape index (κ3) is 3.50. The van der Waals surface area contributed by atoms with Crippen LogP contribution in [0.25, 0.3) is 11.3 Å². The van der Waals surface area contributed by atoms with Gasteiger partial charge in [-0.3, -0.25) is 9.89 Å². The zero-order valence-corrected chi connectivity index (χ0v) is 12.5. The van der Waals surface area contributed by atoms with Gasteiger partial charge in [-0.15, -0.1) is 0 Å². The fourth-order valence-electron chi connectivity index (χ4n) is 2.71. The summed E-state index contributed by atoms with van der Waals surface area (Å²) in [6.45, 7) is 0.923. The molecule has 2 aromatic rings. The molecule has 1 aliphatic heterocycles. The van der Waals surface area contributed by atoms with Gasteiger partial charge in [0.1, 0.15) is 0 Å². The number of nitrogens with zero attached hydrogens (tertiary/aromatic N) is 2. The van der Waals surface area contributed by atoms with Crippen molar-refractivity contribution in [2.24, 2.45) is 5.92 Å². The van der Waals surface area contributed by atoms with Crippen molar-refractivity contribution in [2.45, 2.75) is 12.8 Å². The Morgan fingerprint density at radius 3 is 2.70 bits per heavy atom. The number of benzene rings is 1. The van der Waals surface area contributed by atoms with E-state index in [0.29, 0.717) is 31.6 Å². The number of aromatic amines is 1. The number of carbonyl (C=O) groups is 2. The van der Waals surface area contributed by atoms with Gasteiger partial charge in [0.25, 0.3) is 0 Å². The van der Waals surface area contributed by atoms with E-state index in [1.165, 1.54) is 0 Å². The van der Waals surface area contributed by atoms with Gasteiger partial charge in [-0.2, -0.15) is 5.10 Å². The average molecular weight is 314 g/mol. The standard InChI is InChI=1S/C16H18N4O3/c21-15(22)11-5-8-20(9-6-11)16(23)18-13-3-1-2-12(10-13)14-4-7-17-19-14/h1-4,7,10-11H,5-6,8-9H2,(H,17,19)(H,18,23)(H,21,22). The molecule has 3 rings (SSSR count). The van der Waals surface area contributed by atoms with E-state index < -0.39 is 5.97 Å². The Labute approximate surface area is 133 Å². The zero-order valence-electron chi connectivity index (χ0n) is 12.5. The van der Waals surface area contributed by atoms with Crippen LogP contribution in [0.5, 0.6) is 0 Å². The van der Waals surface area contributed by atoms with Crippen LogP contribution in [-0.4, -0.2) is 45.3 Å². The predicted molar refractivity (Wildman–Crippen MR) is 85.0 cm³/mol. The number of rotatable bonds is 3. The summed E-state index contributed by atoms with van der Waals surface area (Å²) in [5.41, 5.74) is 2.51. The molecule has 0 radical (unpaired) electrons. The first-order chi connectivity index (χ1) is 11.1. The van der Waals surface area contributed by atoms with E-state index in [-0.39, 0.29) is 11.9 Å². The van der Waals surface area contributed by atoms with Crippen molar-refractivity contribution >= 4 is 17.7 Å². The minimum absolute atomic E-state index is 0.199. The van der Waals surface area contributed by atoms with Crippen molar-refractivity contribution in [3.05, 3.63) is 36.5 Å². The molecule has 2 amide bonds. The monoisotopic (exact) mass is 314 g/mol. The molecular weight excluding hydrogens is 296 g/mol. The molecule has 1 fully saturated rings. The maximum Gasteiger partial charge on any atom is 0.321 e. The minimum Gasteiger partial charge on any atom is -0.481 e. The number of urea groups is 1. The SMILES string of the molecule is O=C(O)C1CCN(C(=O)Nc2cccc(-c3ccn[nH]3)c2)CC1. The van der Waals surface area contributed by atoms with Crippen molar-refractivity contribution in [3.8, 4) is 11.3 Å². The number of hydrogen-bond acceptors (Lipinski definition) is 3. The highest BCUT2D eigenvalue weighted by molar-refractivity contribution is 5.90. The van der Waals surface area contributed by atoms with E-state index in [1.807, 2.05) is 30.3 Å². The molecule has 1 aromatic heterocycles. The first-order valence-corrected chi connectivity index (χ1v) is 7.52. The molecule has 2 heterocycles. The van der Waals surface area contributed by atoms with Crippen LogP contribution in [0.15, 0.2) is 36.5 Å². The Balaban J connectivity index is 1.62. The smallest absolute Gasteiger partial charge is 0.321 e. The average Bonchev–Trinajstić information content (AvgIpc) is 3.10. The molecule has 0 atom stereocenters. The van der Waals surface area contributed by atoms with Crippen molar-refractivity contribution in [3.63, 3.8) is 0 Å². The van der Waals surface area contributed by atoms with Crippen LogP contribution in [0, 0.1) is 5.92 Å². The van der Waals surface area contributed by atoms with Crippen molar-refractivity contribution in [1.29, 1.82) is 0 Å². The summed E-state index contributed by atoms with van der Waals surface area (Å²) in [5, 5.41) is 18.7. The quantitative estimate of drug-likeness (QED) is 0.810. The number of carboxylic acid groups (broad SMARTS) is 1. The van der Waals surface area contributed by atoms with Crippen LogP contribution in [0.2, 0.25) is 0 Å². The van der Waals surface area contributed by atoms with E-state index in [9.17, 15) is 9.59 Å². The molecule has 0 bridgehead atoms. The summed E-state index contributed by atoms with van der Waals surface area (Å²) in [7, 11) is 0. The number of aliphatic carboxylic acids is 1. The Kier molecular flexibility index (Phi) is 4.27. The van der Waals surface area contributed by atoms with Gasteiger partial charge in [0.15, 0.2) is 0 Å². The summed E-state index contributed by atoms with van der Waals surface area (Å²) in [4.78, 5) is 24.9. The molecular formula is C16H18N4O3. The summed E-state index contributed by atoms with van der Waals surface area (Å²) in [6.07, 6.45) is 2.67. The maximum atomic E-state index is 12.3. The second-order valence-electron chi connectivity index (χ2n) is 5.58. The fourth-order valence-corrected chi connectivity index (χ4v) is 2.71. The van der Waals surface area contributed by atoms with Crippen LogP contribution in [0.1, 0.15) is 12.8 Å². The molecule has 3 N–H and O–H groups in total. The molecule has 1 aromatic carbocycles. The van der Waals surface area contributed by atoms with Gasteiger partial charge in [-0.05, 0) is 31.0 Å². The Bertz CT molecular complexity index is 691. The number of anilines is 1. The number of piperidine rings is 1. The summed E-state index contributed by atoms with van der Waals surface area (Å²) in [5.74, 6) is -1.12. The summed E-state index contributed by atoms with van der Waals surface area (Å²) < 4.78 is 0. The molecule has 0 unspecified atom stereocenters. The van der Waals surface area contributed by atoms with Gasteiger partial charge in [0.2, 0.25) is 0 Å². The lowest BCUT2D eigenvalue weighted by Crippen LogP contribution is -2.42.